The van der Waals surface area contributed by atoms with Gasteiger partial charge >= 0.3 is 0 Å². The Bertz CT molecular complexity index is 292. The van der Waals surface area contributed by atoms with Crippen LogP contribution in [0.2, 0.25) is 0 Å². The van der Waals surface area contributed by atoms with Gasteiger partial charge in [-0.05, 0) is 42.2 Å². The summed E-state index contributed by atoms with van der Waals surface area (Å²) in [5.41, 5.74) is 7.43. The molecular formula is C14H23NS. The summed E-state index contributed by atoms with van der Waals surface area (Å²) in [6, 6.07) is 8.90. The van der Waals surface area contributed by atoms with Gasteiger partial charge in [0.1, 0.15) is 0 Å². The molecule has 1 aromatic rings. The van der Waals surface area contributed by atoms with Gasteiger partial charge in [-0.3, -0.25) is 0 Å². The van der Waals surface area contributed by atoms with Crippen LogP contribution in [-0.4, -0.2) is 5.75 Å². The van der Waals surface area contributed by atoms with Crippen LogP contribution in [0.15, 0.2) is 29.2 Å². The number of hydrogen-bond donors (Lipinski definition) is 1. The zero-order valence-corrected chi connectivity index (χ0v) is 11.4. The first kappa shape index (κ1) is 13.6. The lowest BCUT2D eigenvalue weighted by atomic mass is 9.98. The highest BCUT2D eigenvalue weighted by molar-refractivity contribution is 7.99. The van der Waals surface area contributed by atoms with E-state index in [2.05, 4.69) is 45.0 Å². The summed E-state index contributed by atoms with van der Waals surface area (Å²) >= 11 is 1.87. The molecule has 0 fully saturated rings. The van der Waals surface area contributed by atoms with Gasteiger partial charge in [-0.25, -0.2) is 0 Å². The van der Waals surface area contributed by atoms with Gasteiger partial charge in [-0.1, -0.05) is 32.9 Å². The van der Waals surface area contributed by atoms with Crippen molar-refractivity contribution in [1.82, 2.24) is 0 Å². The summed E-state index contributed by atoms with van der Waals surface area (Å²) in [5, 5.41) is 0. The normalized spacial score (nSPS) is 13.1. The van der Waals surface area contributed by atoms with Crippen molar-refractivity contribution in [1.29, 1.82) is 0 Å². The van der Waals surface area contributed by atoms with Crippen LogP contribution >= 0.6 is 11.8 Å². The second kappa shape index (κ2) is 6.97. The van der Waals surface area contributed by atoms with Crippen LogP contribution < -0.4 is 5.73 Å². The fraction of sp³-hybridized carbons (Fsp3) is 0.571. The average Bonchev–Trinajstić information content (AvgIpc) is 2.27. The van der Waals surface area contributed by atoms with Gasteiger partial charge < -0.3 is 5.73 Å². The Kier molecular flexibility index (Phi) is 5.93. The number of thioether (sulfide) groups is 1. The average molecular weight is 237 g/mol. The minimum absolute atomic E-state index is 0.197. The fourth-order valence-electron chi connectivity index (χ4n) is 1.66. The highest BCUT2D eigenvalue weighted by Gasteiger charge is 2.06. The smallest absolute Gasteiger partial charge is 0.0294 e. The highest BCUT2D eigenvalue weighted by atomic mass is 32.2. The Labute approximate surface area is 104 Å². The zero-order chi connectivity index (χ0) is 12.0. The Morgan fingerprint density at radius 2 is 1.75 bits per heavy atom. The fourth-order valence-corrected chi connectivity index (χ4v) is 2.32. The lowest BCUT2D eigenvalue weighted by Gasteiger charge is -2.13. The Hall–Kier alpha value is -0.470. The van der Waals surface area contributed by atoms with E-state index in [1.807, 2.05) is 11.8 Å². The Morgan fingerprint density at radius 3 is 2.25 bits per heavy atom. The lowest BCUT2D eigenvalue weighted by molar-refractivity contribution is 0.507. The lowest BCUT2D eigenvalue weighted by Crippen LogP contribution is -2.11. The first-order chi connectivity index (χ1) is 7.63. The summed E-state index contributed by atoms with van der Waals surface area (Å²) in [6.45, 7) is 6.66. The first-order valence-electron chi connectivity index (χ1n) is 6.11. The highest BCUT2D eigenvalue weighted by Crippen LogP contribution is 2.22. The molecule has 0 saturated carbocycles. The second-order valence-corrected chi connectivity index (χ2v) is 5.92. The van der Waals surface area contributed by atoms with Crippen LogP contribution in [0.5, 0.6) is 0 Å². The summed E-state index contributed by atoms with van der Waals surface area (Å²) in [7, 11) is 0. The molecule has 1 nitrogen and oxygen atoms in total. The van der Waals surface area contributed by atoms with E-state index >= 15 is 0 Å². The van der Waals surface area contributed by atoms with Crippen molar-refractivity contribution in [2.24, 2.45) is 11.7 Å². The molecule has 0 spiro atoms. The van der Waals surface area contributed by atoms with Crippen molar-refractivity contribution in [3.8, 4) is 0 Å². The Balaban J connectivity index is 2.52. The largest absolute Gasteiger partial charge is 0.324 e. The van der Waals surface area contributed by atoms with Gasteiger partial charge in [0.2, 0.25) is 0 Å². The topological polar surface area (TPSA) is 26.0 Å². The third kappa shape index (κ3) is 4.58. The van der Waals surface area contributed by atoms with Gasteiger partial charge in [0.15, 0.2) is 0 Å². The van der Waals surface area contributed by atoms with Crippen molar-refractivity contribution in [3.05, 3.63) is 29.8 Å². The number of rotatable bonds is 6. The van der Waals surface area contributed by atoms with E-state index in [4.69, 9.17) is 5.73 Å². The zero-order valence-electron chi connectivity index (χ0n) is 10.6. The summed E-state index contributed by atoms with van der Waals surface area (Å²) in [6.07, 6.45) is 2.28. The van der Waals surface area contributed by atoms with Gasteiger partial charge in [0, 0.05) is 10.9 Å². The van der Waals surface area contributed by atoms with Crippen LogP contribution in [0.3, 0.4) is 0 Å². The number of hydrogen-bond acceptors (Lipinski definition) is 2. The third-order valence-corrected chi connectivity index (χ3v) is 3.57. The molecule has 0 aliphatic rings. The van der Waals surface area contributed by atoms with Gasteiger partial charge in [-0.15, -0.1) is 11.8 Å². The molecule has 2 heteroatoms. The summed E-state index contributed by atoms with van der Waals surface area (Å²) in [4.78, 5) is 1.34. The second-order valence-electron chi connectivity index (χ2n) is 4.58. The molecule has 0 unspecified atom stereocenters. The maximum atomic E-state index is 6.16. The maximum absolute atomic E-state index is 6.16. The summed E-state index contributed by atoms with van der Waals surface area (Å²) in [5.74, 6) is 1.86. The van der Waals surface area contributed by atoms with E-state index in [1.165, 1.54) is 16.9 Å². The SMILES string of the molecule is CCSc1ccc([C@@H](N)CCC(C)C)cc1. The monoisotopic (exact) mass is 237 g/mol. The standard InChI is InChI=1S/C14H23NS/c1-4-16-13-8-6-12(7-9-13)14(15)10-5-11(2)3/h6-9,11,14H,4-5,10,15H2,1-3H3/t14-/m0/s1. The van der Waals surface area contributed by atoms with Crippen molar-refractivity contribution >= 4 is 11.8 Å². The molecule has 0 saturated heterocycles. The molecule has 16 heavy (non-hydrogen) atoms. The third-order valence-electron chi connectivity index (χ3n) is 2.67. The quantitative estimate of drug-likeness (QED) is 0.749. The maximum Gasteiger partial charge on any atom is 0.0294 e. The molecule has 0 aromatic heterocycles. The van der Waals surface area contributed by atoms with Crippen molar-refractivity contribution in [3.63, 3.8) is 0 Å². The number of nitrogens with two attached hydrogens (primary N) is 1. The molecule has 0 heterocycles. The van der Waals surface area contributed by atoms with Crippen LogP contribution in [0.1, 0.15) is 45.2 Å². The minimum atomic E-state index is 0.197. The van der Waals surface area contributed by atoms with Crippen molar-refractivity contribution in [2.75, 3.05) is 5.75 Å². The van der Waals surface area contributed by atoms with Crippen LogP contribution in [0.25, 0.3) is 0 Å². The van der Waals surface area contributed by atoms with E-state index in [9.17, 15) is 0 Å². The van der Waals surface area contributed by atoms with Gasteiger partial charge in [-0.2, -0.15) is 0 Å². The van der Waals surface area contributed by atoms with Crippen LogP contribution in [-0.2, 0) is 0 Å². The van der Waals surface area contributed by atoms with E-state index < -0.39 is 0 Å². The van der Waals surface area contributed by atoms with Gasteiger partial charge in [0.05, 0.1) is 0 Å². The predicted molar refractivity (Wildman–Crippen MR) is 73.8 cm³/mol. The van der Waals surface area contributed by atoms with Crippen LogP contribution in [0.4, 0.5) is 0 Å². The van der Waals surface area contributed by atoms with Gasteiger partial charge in [0.25, 0.3) is 0 Å². The van der Waals surface area contributed by atoms with E-state index in [-0.39, 0.29) is 6.04 Å². The molecule has 0 radical (unpaired) electrons. The summed E-state index contributed by atoms with van der Waals surface area (Å²) < 4.78 is 0. The molecule has 0 bridgehead atoms. The molecule has 1 aromatic carbocycles. The number of benzene rings is 1. The molecule has 0 amide bonds. The minimum Gasteiger partial charge on any atom is -0.324 e. The van der Waals surface area contributed by atoms with Crippen molar-refractivity contribution < 1.29 is 0 Å². The van der Waals surface area contributed by atoms with Crippen LogP contribution in [0, 0.1) is 5.92 Å². The van der Waals surface area contributed by atoms with Crippen molar-refractivity contribution in [2.45, 2.75) is 44.6 Å². The van der Waals surface area contributed by atoms with E-state index in [1.54, 1.807) is 0 Å². The van der Waals surface area contributed by atoms with E-state index in [0.29, 0.717) is 0 Å². The molecule has 1 atom stereocenters. The van der Waals surface area contributed by atoms with E-state index in [0.717, 1.165) is 18.1 Å². The molecule has 1 rings (SSSR count). The first-order valence-corrected chi connectivity index (χ1v) is 7.10. The predicted octanol–water partition coefficient (Wildman–Crippen LogP) is 4.23. The molecule has 0 aliphatic carbocycles. The molecule has 0 aliphatic heterocycles. The molecular weight excluding hydrogens is 214 g/mol. The molecule has 90 valence electrons. The molecule has 2 N–H and O–H groups in total. The Morgan fingerprint density at radius 1 is 1.12 bits per heavy atom.